The van der Waals surface area contributed by atoms with E-state index in [-0.39, 0.29) is 25.5 Å². The number of hydrogen-bond donors (Lipinski definition) is 3. The van der Waals surface area contributed by atoms with E-state index >= 15 is 0 Å². The average Bonchev–Trinajstić information content (AvgIpc) is 3.00. The third-order valence-electron chi connectivity index (χ3n) is 3.95. The number of phosphoric ester groups is 1. The van der Waals surface area contributed by atoms with Crippen LogP contribution in [-0.2, 0) is 25.0 Å². The second-order valence-electron chi connectivity index (χ2n) is 6.02. The first-order chi connectivity index (χ1) is 12.8. The van der Waals surface area contributed by atoms with Gasteiger partial charge in [0.15, 0.2) is 6.23 Å². The monoisotopic (exact) mass is 397 g/mol. The Kier molecular flexibility index (Phi) is 6.05. The summed E-state index contributed by atoms with van der Waals surface area (Å²) in [7, 11) is -4.30. The van der Waals surface area contributed by atoms with Gasteiger partial charge >= 0.3 is 13.5 Å². The zero-order chi connectivity index (χ0) is 19.4. The van der Waals surface area contributed by atoms with Crippen LogP contribution in [0, 0.1) is 0 Å². The lowest BCUT2D eigenvalue weighted by Gasteiger charge is -2.18. The minimum Gasteiger partial charge on any atom is -0.388 e. The second-order valence-corrected chi connectivity index (χ2v) is 7.47. The number of benzene rings is 1. The molecule has 4 N–H and O–H groups in total. The van der Waals surface area contributed by atoms with Crippen molar-refractivity contribution in [3.8, 4) is 0 Å². The molecule has 0 aliphatic carbocycles. The standard InChI is InChI=1S/C16H20N3O7P/c17-14-6-7-19(16(21)18-14)15-13(20)8-12(26-15)10-25-27(22,23)24-9-11-4-2-1-3-5-11/h1-7,12-13,15,20H,8-10H2,(H,22,23)(H2,17,18,21)/t12-,13-,15?/m0/s1. The Balaban J connectivity index is 1.54. The molecule has 146 valence electrons. The molecule has 0 amide bonds. The molecule has 2 heterocycles. The van der Waals surface area contributed by atoms with Crippen molar-refractivity contribution in [3.05, 3.63) is 58.6 Å². The van der Waals surface area contributed by atoms with Crippen molar-refractivity contribution in [1.82, 2.24) is 9.55 Å². The molecule has 10 nitrogen and oxygen atoms in total. The van der Waals surface area contributed by atoms with Crippen LogP contribution in [0.5, 0.6) is 0 Å². The lowest BCUT2D eigenvalue weighted by molar-refractivity contribution is -0.0533. The molecule has 1 aromatic carbocycles. The molecule has 0 saturated carbocycles. The normalized spacial score (nSPS) is 24.6. The first kappa shape index (κ1) is 19.7. The van der Waals surface area contributed by atoms with Crippen LogP contribution in [0.4, 0.5) is 5.82 Å². The van der Waals surface area contributed by atoms with E-state index in [1.165, 1.54) is 12.3 Å². The Hall–Kier alpha value is -2.07. The number of nitrogen functional groups attached to an aromatic ring is 1. The van der Waals surface area contributed by atoms with Gasteiger partial charge in [0.2, 0.25) is 0 Å². The van der Waals surface area contributed by atoms with Gasteiger partial charge in [0, 0.05) is 12.6 Å². The molecule has 0 spiro atoms. The van der Waals surface area contributed by atoms with Crippen LogP contribution in [-0.4, -0.2) is 38.4 Å². The van der Waals surface area contributed by atoms with Gasteiger partial charge < -0.3 is 20.5 Å². The van der Waals surface area contributed by atoms with Gasteiger partial charge in [0.05, 0.1) is 19.3 Å². The van der Waals surface area contributed by atoms with Crippen LogP contribution in [0.15, 0.2) is 47.4 Å². The maximum absolute atomic E-state index is 12.0. The average molecular weight is 397 g/mol. The molecule has 2 unspecified atom stereocenters. The quantitative estimate of drug-likeness (QED) is 0.578. The number of aliphatic hydroxyl groups excluding tert-OH is 1. The first-order valence-corrected chi connectivity index (χ1v) is 9.67. The zero-order valence-corrected chi connectivity index (χ0v) is 15.1. The van der Waals surface area contributed by atoms with Crippen LogP contribution >= 0.6 is 7.82 Å². The van der Waals surface area contributed by atoms with Gasteiger partial charge in [0.1, 0.15) is 11.9 Å². The van der Waals surface area contributed by atoms with Crippen LogP contribution in [0.25, 0.3) is 0 Å². The molecule has 1 aliphatic heterocycles. The largest absolute Gasteiger partial charge is 0.472 e. The molecule has 1 fully saturated rings. The third-order valence-corrected chi connectivity index (χ3v) is 4.88. The highest BCUT2D eigenvalue weighted by Gasteiger charge is 2.37. The minimum atomic E-state index is -4.30. The van der Waals surface area contributed by atoms with Crippen molar-refractivity contribution in [1.29, 1.82) is 0 Å². The highest BCUT2D eigenvalue weighted by Crippen LogP contribution is 2.45. The van der Waals surface area contributed by atoms with Crippen LogP contribution in [0.3, 0.4) is 0 Å². The molecule has 1 saturated heterocycles. The van der Waals surface area contributed by atoms with Gasteiger partial charge in [-0.15, -0.1) is 0 Å². The summed E-state index contributed by atoms with van der Waals surface area (Å²) >= 11 is 0. The SMILES string of the molecule is Nc1ccn(C2O[C@H](COP(=O)(O)OCc3ccccc3)C[C@@H]2O)c(=O)n1. The van der Waals surface area contributed by atoms with Crippen LogP contribution < -0.4 is 11.4 Å². The Morgan fingerprint density at radius 3 is 2.74 bits per heavy atom. The number of phosphoric acid groups is 1. The fourth-order valence-electron chi connectivity index (χ4n) is 2.65. The van der Waals surface area contributed by atoms with Crippen molar-refractivity contribution in [2.45, 2.75) is 31.5 Å². The molecule has 3 rings (SSSR count). The molecule has 27 heavy (non-hydrogen) atoms. The van der Waals surface area contributed by atoms with Crippen LogP contribution in [0.1, 0.15) is 18.2 Å². The number of nitrogens with two attached hydrogens (primary N) is 1. The van der Waals surface area contributed by atoms with Gasteiger partial charge in [-0.25, -0.2) is 9.36 Å². The number of ether oxygens (including phenoxy) is 1. The molecule has 11 heteroatoms. The minimum absolute atomic E-state index is 0.0559. The summed E-state index contributed by atoms with van der Waals surface area (Å²) in [5.41, 5.74) is 5.49. The smallest absolute Gasteiger partial charge is 0.388 e. The van der Waals surface area contributed by atoms with Crippen molar-refractivity contribution < 1.29 is 28.3 Å². The lowest BCUT2D eigenvalue weighted by Crippen LogP contribution is -2.31. The molecule has 1 aromatic heterocycles. The number of rotatable bonds is 7. The van der Waals surface area contributed by atoms with Gasteiger partial charge in [-0.3, -0.25) is 13.6 Å². The molecule has 0 bridgehead atoms. The summed E-state index contributed by atoms with van der Waals surface area (Å²) in [5, 5.41) is 10.1. The summed E-state index contributed by atoms with van der Waals surface area (Å²) in [6, 6.07) is 10.3. The maximum atomic E-state index is 12.0. The van der Waals surface area contributed by atoms with Crippen molar-refractivity contribution in [3.63, 3.8) is 0 Å². The lowest BCUT2D eigenvalue weighted by atomic mass is 10.2. The van der Waals surface area contributed by atoms with E-state index in [1.54, 1.807) is 24.3 Å². The van der Waals surface area contributed by atoms with E-state index in [0.29, 0.717) is 0 Å². The molecular formula is C16H20N3O7P. The van der Waals surface area contributed by atoms with E-state index < -0.39 is 31.9 Å². The molecule has 1 aliphatic rings. The summed E-state index contributed by atoms with van der Waals surface area (Å²) in [6.45, 7) is -0.370. The molecule has 4 atom stereocenters. The summed E-state index contributed by atoms with van der Waals surface area (Å²) in [5.74, 6) is 0.0559. The van der Waals surface area contributed by atoms with Crippen molar-refractivity contribution in [2.75, 3.05) is 12.3 Å². The fraction of sp³-hybridized carbons (Fsp3) is 0.375. The van der Waals surface area contributed by atoms with Gasteiger partial charge in [-0.2, -0.15) is 4.98 Å². The number of nitrogens with zero attached hydrogens (tertiary/aromatic N) is 2. The Bertz CT molecular complexity index is 876. The highest BCUT2D eigenvalue weighted by atomic mass is 31.2. The van der Waals surface area contributed by atoms with E-state index in [0.717, 1.165) is 10.1 Å². The van der Waals surface area contributed by atoms with Gasteiger partial charge in [-0.1, -0.05) is 30.3 Å². The van der Waals surface area contributed by atoms with Crippen LogP contribution in [0.2, 0.25) is 0 Å². The molecule has 0 radical (unpaired) electrons. The Morgan fingerprint density at radius 1 is 1.30 bits per heavy atom. The second kappa shape index (κ2) is 8.30. The summed E-state index contributed by atoms with van der Waals surface area (Å²) < 4.78 is 28.5. The Labute approximate surface area is 154 Å². The maximum Gasteiger partial charge on any atom is 0.472 e. The molecular weight excluding hydrogens is 377 g/mol. The highest BCUT2D eigenvalue weighted by molar-refractivity contribution is 7.47. The summed E-state index contributed by atoms with van der Waals surface area (Å²) in [4.78, 5) is 25.2. The fourth-order valence-corrected chi connectivity index (χ4v) is 3.39. The predicted octanol–water partition coefficient (Wildman–Crippen LogP) is 0.808. The third kappa shape index (κ3) is 5.23. The van der Waals surface area contributed by atoms with Gasteiger partial charge in [-0.05, 0) is 11.6 Å². The Morgan fingerprint density at radius 2 is 2.04 bits per heavy atom. The zero-order valence-electron chi connectivity index (χ0n) is 14.2. The van der Waals surface area contributed by atoms with E-state index in [9.17, 15) is 19.4 Å². The van der Waals surface area contributed by atoms with E-state index in [4.69, 9.17) is 19.5 Å². The number of aliphatic hydroxyl groups is 1. The topological polar surface area (TPSA) is 146 Å². The predicted molar refractivity (Wildman–Crippen MR) is 94.5 cm³/mol. The first-order valence-electron chi connectivity index (χ1n) is 8.18. The van der Waals surface area contributed by atoms with E-state index in [1.807, 2.05) is 6.07 Å². The summed E-state index contributed by atoms with van der Waals surface area (Å²) in [6.07, 6.45) is -1.22. The number of hydrogen-bond acceptors (Lipinski definition) is 8. The van der Waals surface area contributed by atoms with Gasteiger partial charge in [0.25, 0.3) is 0 Å². The van der Waals surface area contributed by atoms with E-state index in [2.05, 4.69) is 4.98 Å². The van der Waals surface area contributed by atoms with Crippen molar-refractivity contribution >= 4 is 13.6 Å². The van der Waals surface area contributed by atoms with Crippen molar-refractivity contribution in [2.24, 2.45) is 0 Å². The number of aromatic nitrogens is 2. The molecule has 2 aromatic rings. The number of anilines is 1.